The van der Waals surface area contributed by atoms with Crippen LogP contribution >= 0.6 is 15.9 Å². The van der Waals surface area contributed by atoms with Crippen LogP contribution in [-0.2, 0) is 11.2 Å². The molecule has 0 saturated heterocycles. The second kappa shape index (κ2) is 5.26. The SMILES string of the molecule is CNc1nc(CCOC)nc(C)c1Br. The predicted molar refractivity (Wildman–Crippen MR) is 59.6 cm³/mol. The third-order valence-corrected chi connectivity index (χ3v) is 2.78. The molecule has 1 aromatic heterocycles. The Kier molecular flexibility index (Phi) is 4.28. The van der Waals surface area contributed by atoms with Gasteiger partial charge in [0.05, 0.1) is 16.8 Å². The van der Waals surface area contributed by atoms with Gasteiger partial charge in [-0.3, -0.25) is 0 Å². The number of aromatic nitrogens is 2. The fourth-order valence-electron chi connectivity index (χ4n) is 1.09. The molecule has 1 rings (SSSR count). The van der Waals surface area contributed by atoms with E-state index in [9.17, 15) is 0 Å². The first-order valence-corrected chi connectivity index (χ1v) is 5.18. The van der Waals surface area contributed by atoms with E-state index in [1.807, 2.05) is 14.0 Å². The molecule has 0 aliphatic heterocycles. The van der Waals surface area contributed by atoms with Crippen LogP contribution in [0.2, 0.25) is 0 Å². The lowest BCUT2D eigenvalue weighted by molar-refractivity contribution is 0.200. The third-order valence-electron chi connectivity index (χ3n) is 1.83. The predicted octanol–water partition coefficient (Wildman–Crippen LogP) is 1.78. The molecule has 0 aromatic carbocycles. The molecule has 0 bridgehead atoms. The first-order chi connectivity index (χ1) is 6.69. The van der Waals surface area contributed by atoms with Crippen LogP contribution in [-0.4, -0.2) is 30.7 Å². The van der Waals surface area contributed by atoms with E-state index in [0.29, 0.717) is 6.61 Å². The summed E-state index contributed by atoms with van der Waals surface area (Å²) in [5.74, 6) is 1.63. The van der Waals surface area contributed by atoms with E-state index in [4.69, 9.17) is 4.74 Å². The summed E-state index contributed by atoms with van der Waals surface area (Å²) in [6.07, 6.45) is 0.735. The second-order valence-electron chi connectivity index (χ2n) is 2.88. The Morgan fingerprint density at radius 2 is 2.14 bits per heavy atom. The highest BCUT2D eigenvalue weighted by molar-refractivity contribution is 9.10. The molecule has 5 heteroatoms. The van der Waals surface area contributed by atoms with Gasteiger partial charge in [-0.1, -0.05) is 0 Å². The number of rotatable bonds is 4. The average Bonchev–Trinajstić information content (AvgIpc) is 2.19. The monoisotopic (exact) mass is 259 g/mol. The summed E-state index contributed by atoms with van der Waals surface area (Å²) in [7, 11) is 3.51. The van der Waals surface area contributed by atoms with Crippen molar-refractivity contribution in [3.8, 4) is 0 Å². The van der Waals surface area contributed by atoms with Crippen LogP contribution < -0.4 is 5.32 Å². The number of hydrogen-bond acceptors (Lipinski definition) is 4. The van der Waals surface area contributed by atoms with E-state index in [2.05, 4.69) is 31.2 Å². The molecule has 78 valence electrons. The molecular formula is C9H14BrN3O. The van der Waals surface area contributed by atoms with E-state index < -0.39 is 0 Å². The van der Waals surface area contributed by atoms with Gasteiger partial charge in [-0.05, 0) is 22.9 Å². The van der Waals surface area contributed by atoms with Crippen molar-refractivity contribution in [2.75, 3.05) is 26.1 Å². The highest BCUT2D eigenvalue weighted by Crippen LogP contribution is 2.22. The van der Waals surface area contributed by atoms with Gasteiger partial charge >= 0.3 is 0 Å². The summed E-state index contributed by atoms with van der Waals surface area (Å²) in [5, 5.41) is 3.01. The minimum atomic E-state index is 0.643. The lowest BCUT2D eigenvalue weighted by Gasteiger charge is -2.07. The van der Waals surface area contributed by atoms with E-state index >= 15 is 0 Å². The lowest BCUT2D eigenvalue weighted by atomic mass is 10.3. The Balaban J connectivity index is 2.91. The molecule has 0 aliphatic carbocycles. The Morgan fingerprint density at radius 1 is 1.43 bits per heavy atom. The van der Waals surface area contributed by atoms with Crippen molar-refractivity contribution in [1.82, 2.24) is 9.97 Å². The van der Waals surface area contributed by atoms with Crippen LogP contribution in [0.4, 0.5) is 5.82 Å². The number of methoxy groups -OCH3 is 1. The van der Waals surface area contributed by atoms with Crippen molar-refractivity contribution in [2.45, 2.75) is 13.3 Å². The summed E-state index contributed by atoms with van der Waals surface area (Å²) in [6.45, 7) is 2.59. The van der Waals surface area contributed by atoms with Crippen molar-refractivity contribution in [3.63, 3.8) is 0 Å². The smallest absolute Gasteiger partial charge is 0.144 e. The number of hydrogen-bond donors (Lipinski definition) is 1. The zero-order valence-electron chi connectivity index (χ0n) is 8.59. The van der Waals surface area contributed by atoms with Crippen LogP contribution in [0.15, 0.2) is 4.47 Å². The third kappa shape index (κ3) is 2.65. The van der Waals surface area contributed by atoms with Gasteiger partial charge in [0.2, 0.25) is 0 Å². The van der Waals surface area contributed by atoms with E-state index in [1.54, 1.807) is 7.11 Å². The Bertz CT molecular complexity index is 317. The molecule has 1 heterocycles. The van der Waals surface area contributed by atoms with Gasteiger partial charge in [0.15, 0.2) is 0 Å². The van der Waals surface area contributed by atoms with E-state index in [1.165, 1.54) is 0 Å². The summed E-state index contributed by atoms with van der Waals surface area (Å²) in [5.41, 5.74) is 0.940. The first-order valence-electron chi connectivity index (χ1n) is 4.38. The zero-order chi connectivity index (χ0) is 10.6. The van der Waals surface area contributed by atoms with Gasteiger partial charge in [0.25, 0.3) is 0 Å². The van der Waals surface area contributed by atoms with Gasteiger partial charge in [0.1, 0.15) is 11.6 Å². The van der Waals surface area contributed by atoms with Crippen molar-refractivity contribution in [1.29, 1.82) is 0 Å². The number of nitrogens with one attached hydrogen (secondary N) is 1. The molecule has 0 spiro atoms. The van der Waals surface area contributed by atoms with Gasteiger partial charge in [0, 0.05) is 20.6 Å². The zero-order valence-corrected chi connectivity index (χ0v) is 10.2. The maximum Gasteiger partial charge on any atom is 0.144 e. The maximum absolute atomic E-state index is 4.98. The molecule has 14 heavy (non-hydrogen) atoms. The summed E-state index contributed by atoms with van der Waals surface area (Å²) < 4.78 is 5.89. The van der Waals surface area contributed by atoms with E-state index in [-0.39, 0.29) is 0 Å². The number of ether oxygens (including phenoxy) is 1. The molecule has 4 nitrogen and oxygen atoms in total. The highest BCUT2D eigenvalue weighted by atomic mass is 79.9. The quantitative estimate of drug-likeness (QED) is 0.896. The van der Waals surface area contributed by atoms with Crippen molar-refractivity contribution < 1.29 is 4.74 Å². The Hall–Kier alpha value is -0.680. The molecule has 1 aromatic rings. The van der Waals surface area contributed by atoms with E-state index in [0.717, 1.165) is 28.2 Å². The summed E-state index contributed by atoms with van der Waals surface area (Å²) in [4.78, 5) is 8.68. The van der Waals surface area contributed by atoms with Gasteiger partial charge < -0.3 is 10.1 Å². The maximum atomic E-state index is 4.98. The van der Waals surface area contributed by atoms with Crippen LogP contribution in [0.1, 0.15) is 11.5 Å². The highest BCUT2D eigenvalue weighted by Gasteiger charge is 2.07. The second-order valence-corrected chi connectivity index (χ2v) is 3.67. The fourth-order valence-corrected chi connectivity index (χ4v) is 1.46. The first kappa shape index (κ1) is 11.4. The number of nitrogens with zero attached hydrogens (tertiary/aromatic N) is 2. The van der Waals surface area contributed by atoms with Crippen LogP contribution in [0, 0.1) is 6.92 Å². The Labute approximate surface area is 92.2 Å². The molecule has 0 aliphatic rings. The number of anilines is 1. The van der Waals surface area contributed by atoms with Crippen LogP contribution in [0.5, 0.6) is 0 Å². The van der Waals surface area contributed by atoms with Gasteiger partial charge in [-0.25, -0.2) is 9.97 Å². The standard InChI is InChI=1S/C9H14BrN3O/c1-6-8(10)9(11-2)13-7(12-6)4-5-14-3/h4-5H2,1-3H3,(H,11,12,13). The minimum Gasteiger partial charge on any atom is -0.384 e. The molecule has 0 fully saturated rings. The van der Waals surface area contributed by atoms with Crippen molar-refractivity contribution in [3.05, 3.63) is 16.0 Å². The molecular weight excluding hydrogens is 246 g/mol. The fraction of sp³-hybridized carbons (Fsp3) is 0.556. The molecule has 0 atom stereocenters. The van der Waals surface area contributed by atoms with Gasteiger partial charge in [-0.15, -0.1) is 0 Å². The summed E-state index contributed by atoms with van der Waals surface area (Å²) in [6, 6.07) is 0. The molecule has 1 N–H and O–H groups in total. The van der Waals surface area contributed by atoms with Gasteiger partial charge in [-0.2, -0.15) is 0 Å². The lowest BCUT2D eigenvalue weighted by Crippen LogP contribution is -2.06. The van der Waals surface area contributed by atoms with Crippen molar-refractivity contribution in [2.24, 2.45) is 0 Å². The molecule has 0 radical (unpaired) electrons. The summed E-state index contributed by atoms with van der Waals surface area (Å²) >= 11 is 3.42. The number of aryl methyl sites for hydroxylation is 1. The Morgan fingerprint density at radius 3 is 2.71 bits per heavy atom. The normalized spacial score (nSPS) is 10.3. The molecule has 0 amide bonds. The largest absolute Gasteiger partial charge is 0.384 e. The topological polar surface area (TPSA) is 47.0 Å². The number of halogens is 1. The minimum absolute atomic E-state index is 0.643. The average molecular weight is 260 g/mol. The molecule has 0 saturated carbocycles. The molecule has 0 unspecified atom stereocenters. The van der Waals surface area contributed by atoms with Crippen molar-refractivity contribution >= 4 is 21.7 Å². The van der Waals surface area contributed by atoms with Crippen LogP contribution in [0.25, 0.3) is 0 Å². The van der Waals surface area contributed by atoms with Crippen LogP contribution in [0.3, 0.4) is 0 Å².